The molecule has 0 aromatic heterocycles. The highest BCUT2D eigenvalue weighted by atomic mass is 32.2. The highest BCUT2D eigenvalue weighted by molar-refractivity contribution is 7.98. The van der Waals surface area contributed by atoms with Crippen molar-refractivity contribution in [2.24, 2.45) is 11.7 Å². The molecule has 0 spiro atoms. The van der Waals surface area contributed by atoms with E-state index >= 15 is 0 Å². The molecule has 1 aliphatic rings. The van der Waals surface area contributed by atoms with Crippen LogP contribution in [0.5, 0.6) is 0 Å². The molecular weight excluding hydrogens is 264 g/mol. The first-order chi connectivity index (χ1) is 8.67. The van der Waals surface area contributed by atoms with Gasteiger partial charge in [-0.05, 0) is 24.8 Å². The molecule has 0 saturated carbocycles. The van der Waals surface area contributed by atoms with Gasteiger partial charge in [0.15, 0.2) is 0 Å². The lowest BCUT2D eigenvalue weighted by atomic mass is 10.1. The van der Waals surface area contributed by atoms with Crippen LogP contribution in [-0.4, -0.2) is 36.0 Å². The largest absolute Gasteiger partial charge is 0.396 e. The van der Waals surface area contributed by atoms with Crippen molar-refractivity contribution in [3.63, 3.8) is 0 Å². The molecule has 2 rings (SSSR count). The maximum absolute atomic E-state index is 9.23. The van der Waals surface area contributed by atoms with E-state index in [1.807, 2.05) is 18.4 Å². The predicted molar refractivity (Wildman–Crippen MR) is 81.5 cm³/mol. The zero-order valence-electron chi connectivity index (χ0n) is 10.4. The van der Waals surface area contributed by atoms with Gasteiger partial charge < -0.3 is 15.7 Å². The fourth-order valence-corrected chi connectivity index (χ4v) is 3.31. The van der Waals surface area contributed by atoms with Gasteiger partial charge in [0.1, 0.15) is 4.99 Å². The van der Waals surface area contributed by atoms with Crippen LogP contribution in [0.2, 0.25) is 0 Å². The Morgan fingerprint density at radius 2 is 2.39 bits per heavy atom. The molecule has 1 aliphatic heterocycles. The van der Waals surface area contributed by atoms with Crippen molar-refractivity contribution in [2.75, 3.05) is 30.9 Å². The van der Waals surface area contributed by atoms with Crippen LogP contribution < -0.4 is 10.6 Å². The Kier molecular flexibility index (Phi) is 4.48. The first-order valence-corrected chi connectivity index (χ1v) is 7.63. The van der Waals surface area contributed by atoms with Gasteiger partial charge in [0.2, 0.25) is 0 Å². The van der Waals surface area contributed by atoms with Gasteiger partial charge in [-0.15, -0.1) is 11.8 Å². The number of benzene rings is 1. The smallest absolute Gasteiger partial charge is 0.107 e. The van der Waals surface area contributed by atoms with E-state index in [1.165, 1.54) is 0 Å². The van der Waals surface area contributed by atoms with E-state index in [2.05, 4.69) is 11.0 Å². The molecule has 98 valence electrons. The minimum atomic E-state index is 0.251. The number of nitrogens with two attached hydrogens (primary N) is 1. The van der Waals surface area contributed by atoms with Gasteiger partial charge in [-0.1, -0.05) is 18.3 Å². The SMILES string of the molecule is CSc1cccc(N2CCC(CO)C2)c1C(N)=S. The van der Waals surface area contributed by atoms with E-state index in [4.69, 9.17) is 18.0 Å². The van der Waals surface area contributed by atoms with Crippen LogP contribution in [0.4, 0.5) is 5.69 Å². The lowest BCUT2D eigenvalue weighted by molar-refractivity contribution is 0.238. The monoisotopic (exact) mass is 282 g/mol. The maximum atomic E-state index is 9.23. The van der Waals surface area contributed by atoms with Gasteiger partial charge in [-0.2, -0.15) is 0 Å². The quantitative estimate of drug-likeness (QED) is 0.652. The standard InChI is InChI=1S/C13H18N2OS2/c1-18-11-4-2-3-10(12(11)13(14)17)15-6-5-9(7-15)8-16/h2-4,9,16H,5-8H2,1H3,(H2,14,17). The van der Waals surface area contributed by atoms with Gasteiger partial charge >= 0.3 is 0 Å². The summed E-state index contributed by atoms with van der Waals surface area (Å²) in [6, 6.07) is 6.14. The predicted octanol–water partition coefficient (Wildman–Crippen LogP) is 1.86. The minimum Gasteiger partial charge on any atom is -0.396 e. The molecular formula is C13H18N2OS2. The van der Waals surface area contributed by atoms with Crippen LogP contribution in [0.15, 0.2) is 23.1 Å². The minimum absolute atomic E-state index is 0.251. The molecule has 0 radical (unpaired) electrons. The summed E-state index contributed by atoms with van der Waals surface area (Å²) in [5, 5.41) is 9.23. The number of thioether (sulfide) groups is 1. The molecule has 5 heteroatoms. The summed E-state index contributed by atoms with van der Waals surface area (Å²) in [5.74, 6) is 0.363. The Bertz CT molecular complexity index is 451. The molecule has 18 heavy (non-hydrogen) atoms. The van der Waals surface area contributed by atoms with Crippen LogP contribution in [0.25, 0.3) is 0 Å². The summed E-state index contributed by atoms with van der Waals surface area (Å²) in [4.78, 5) is 3.84. The number of hydrogen-bond acceptors (Lipinski definition) is 4. The summed E-state index contributed by atoms with van der Waals surface area (Å²) in [6.45, 7) is 2.09. The summed E-state index contributed by atoms with van der Waals surface area (Å²) < 4.78 is 0. The number of thiocarbonyl (C=S) groups is 1. The van der Waals surface area contributed by atoms with Crippen molar-refractivity contribution in [3.8, 4) is 0 Å². The van der Waals surface area contributed by atoms with Crippen LogP contribution >= 0.6 is 24.0 Å². The van der Waals surface area contributed by atoms with Gasteiger partial charge in [0.25, 0.3) is 0 Å². The summed E-state index contributed by atoms with van der Waals surface area (Å²) in [5.41, 5.74) is 7.94. The molecule has 0 amide bonds. The Morgan fingerprint density at radius 3 is 2.94 bits per heavy atom. The summed E-state index contributed by atoms with van der Waals surface area (Å²) in [7, 11) is 0. The average Bonchev–Trinajstić information content (AvgIpc) is 2.86. The summed E-state index contributed by atoms with van der Waals surface area (Å²) in [6.07, 6.45) is 3.05. The molecule has 1 fully saturated rings. The normalized spacial score (nSPS) is 19.2. The molecule has 0 bridgehead atoms. The number of hydrogen-bond donors (Lipinski definition) is 2. The summed E-state index contributed by atoms with van der Waals surface area (Å²) >= 11 is 6.84. The zero-order chi connectivity index (χ0) is 13.1. The van der Waals surface area contributed by atoms with Crippen molar-refractivity contribution in [1.82, 2.24) is 0 Å². The second-order valence-corrected chi connectivity index (χ2v) is 5.79. The van der Waals surface area contributed by atoms with E-state index in [0.717, 1.165) is 35.7 Å². The lowest BCUT2D eigenvalue weighted by Gasteiger charge is -2.23. The number of aliphatic hydroxyl groups is 1. The van der Waals surface area contributed by atoms with Crippen LogP contribution in [0.1, 0.15) is 12.0 Å². The molecule has 3 nitrogen and oxygen atoms in total. The molecule has 1 aromatic rings. The van der Waals surface area contributed by atoms with Gasteiger partial charge in [0, 0.05) is 41.8 Å². The fraction of sp³-hybridized carbons (Fsp3) is 0.462. The van der Waals surface area contributed by atoms with Gasteiger partial charge in [-0.25, -0.2) is 0 Å². The van der Waals surface area contributed by atoms with Crippen LogP contribution in [-0.2, 0) is 0 Å². The molecule has 1 atom stereocenters. The third-order valence-corrected chi connectivity index (χ3v) is 4.34. The number of rotatable bonds is 4. The van der Waals surface area contributed by atoms with Gasteiger partial charge in [-0.3, -0.25) is 0 Å². The highest BCUT2D eigenvalue weighted by Crippen LogP contribution is 2.32. The second-order valence-electron chi connectivity index (χ2n) is 4.50. The fourth-order valence-electron chi connectivity index (χ4n) is 2.40. The first-order valence-electron chi connectivity index (χ1n) is 6.00. The average molecular weight is 282 g/mol. The van der Waals surface area contributed by atoms with E-state index in [-0.39, 0.29) is 6.61 Å². The maximum Gasteiger partial charge on any atom is 0.107 e. The van der Waals surface area contributed by atoms with Crippen molar-refractivity contribution in [2.45, 2.75) is 11.3 Å². The van der Waals surface area contributed by atoms with E-state index < -0.39 is 0 Å². The van der Waals surface area contributed by atoms with Crippen molar-refractivity contribution in [3.05, 3.63) is 23.8 Å². The van der Waals surface area contributed by atoms with Crippen molar-refractivity contribution in [1.29, 1.82) is 0 Å². The molecule has 1 saturated heterocycles. The molecule has 1 aromatic carbocycles. The van der Waals surface area contributed by atoms with Gasteiger partial charge in [0.05, 0.1) is 0 Å². The first kappa shape index (κ1) is 13.6. The zero-order valence-corrected chi connectivity index (χ0v) is 12.1. The van der Waals surface area contributed by atoms with E-state index in [9.17, 15) is 5.11 Å². The lowest BCUT2D eigenvalue weighted by Crippen LogP contribution is -2.24. The second kappa shape index (κ2) is 5.91. The number of nitrogens with zero attached hydrogens (tertiary/aromatic N) is 1. The Labute approximate surface area is 117 Å². The third-order valence-electron chi connectivity index (χ3n) is 3.36. The molecule has 0 aliphatic carbocycles. The van der Waals surface area contributed by atoms with E-state index in [1.54, 1.807) is 11.8 Å². The van der Waals surface area contributed by atoms with Crippen LogP contribution in [0.3, 0.4) is 0 Å². The Hall–Kier alpha value is -0.780. The highest BCUT2D eigenvalue weighted by Gasteiger charge is 2.25. The Balaban J connectivity index is 2.36. The number of anilines is 1. The van der Waals surface area contributed by atoms with Crippen molar-refractivity contribution < 1.29 is 5.11 Å². The van der Waals surface area contributed by atoms with Crippen LogP contribution in [0, 0.1) is 5.92 Å². The van der Waals surface area contributed by atoms with E-state index in [0.29, 0.717) is 10.9 Å². The molecule has 1 heterocycles. The number of aliphatic hydroxyl groups excluding tert-OH is 1. The molecule has 1 unspecified atom stereocenters. The third kappa shape index (κ3) is 2.63. The topological polar surface area (TPSA) is 49.5 Å². The van der Waals surface area contributed by atoms with Crippen molar-refractivity contribution >= 4 is 34.7 Å². The molecule has 3 N–H and O–H groups in total. The Morgan fingerprint density at radius 1 is 1.61 bits per heavy atom.